The summed E-state index contributed by atoms with van der Waals surface area (Å²) < 4.78 is 6.92. The van der Waals surface area contributed by atoms with Crippen LogP contribution in [0.5, 0.6) is 0 Å². The number of anilines is 1. The van der Waals surface area contributed by atoms with Crippen molar-refractivity contribution in [3.8, 4) is 11.3 Å². The van der Waals surface area contributed by atoms with E-state index in [0.717, 1.165) is 28.3 Å². The van der Waals surface area contributed by atoms with Gasteiger partial charge in [-0.05, 0) is 35.9 Å². The first kappa shape index (κ1) is 15.1. The van der Waals surface area contributed by atoms with Gasteiger partial charge in [0.1, 0.15) is 5.82 Å². The monoisotopic (exact) mass is 358 g/mol. The van der Waals surface area contributed by atoms with Crippen LogP contribution in [0, 0.1) is 0 Å². The van der Waals surface area contributed by atoms with Crippen LogP contribution < -0.4 is 5.32 Å². The third-order valence-electron chi connectivity index (χ3n) is 3.64. The van der Waals surface area contributed by atoms with Crippen LogP contribution in [0.1, 0.15) is 5.56 Å². The van der Waals surface area contributed by atoms with E-state index in [2.05, 4.69) is 15.4 Å². The van der Waals surface area contributed by atoms with E-state index in [-0.39, 0.29) is 0 Å². The molecule has 0 aliphatic rings. The second-order valence-corrected chi connectivity index (χ2v) is 6.06. The first-order chi connectivity index (χ1) is 11.7. The van der Waals surface area contributed by atoms with Gasteiger partial charge in [0.2, 0.25) is 0 Å². The van der Waals surface area contributed by atoms with Gasteiger partial charge < -0.3 is 9.73 Å². The summed E-state index contributed by atoms with van der Waals surface area (Å²) >= 11 is 12.0. The van der Waals surface area contributed by atoms with E-state index in [9.17, 15) is 0 Å². The molecule has 120 valence electrons. The number of rotatable bonds is 4. The molecule has 0 bridgehead atoms. The molecule has 0 atom stereocenters. The smallest absolute Gasteiger partial charge is 0.154 e. The molecule has 0 aliphatic heterocycles. The van der Waals surface area contributed by atoms with Gasteiger partial charge in [-0.1, -0.05) is 29.3 Å². The minimum atomic E-state index is 0.538. The zero-order valence-electron chi connectivity index (χ0n) is 12.4. The summed E-state index contributed by atoms with van der Waals surface area (Å²) in [5, 5.41) is 8.95. The molecule has 0 saturated heterocycles. The molecule has 0 saturated carbocycles. The number of imidazole rings is 1. The van der Waals surface area contributed by atoms with Crippen molar-refractivity contribution in [2.45, 2.75) is 6.54 Å². The summed E-state index contributed by atoms with van der Waals surface area (Å²) in [4.78, 5) is 4.35. The molecule has 4 aromatic rings. The minimum Gasteiger partial charge on any atom is -0.472 e. The summed E-state index contributed by atoms with van der Waals surface area (Å²) in [5.41, 5.74) is 3.59. The largest absolute Gasteiger partial charge is 0.472 e. The molecular formula is C17H12Cl2N4O. The highest BCUT2D eigenvalue weighted by atomic mass is 35.5. The molecule has 3 aromatic heterocycles. The van der Waals surface area contributed by atoms with E-state index in [0.29, 0.717) is 16.6 Å². The van der Waals surface area contributed by atoms with Gasteiger partial charge in [0.05, 0.1) is 34.5 Å². The number of aromatic nitrogens is 3. The highest BCUT2D eigenvalue weighted by Gasteiger charge is 2.09. The van der Waals surface area contributed by atoms with Crippen LogP contribution in [0.15, 0.2) is 59.5 Å². The van der Waals surface area contributed by atoms with Crippen molar-refractivity contribution in [3.05, 3.63) is 70.7 Å². The molecule has 7 heteroatoms. The highest BCUT2D eigenvalue weighted by molar-refractivity contribution is 6.42. The second kappa shape index (κ2) is 6.19. The molecule has 0 amide bonds. The molecule has 0 spiro atoms. The first-order valence-corrected chi connectivity index (χ1v) is 8.01. The van der Waals surface area contributed by atoms with E-state index < -0.39 is 0 Å². The van der Waals surface area contributed by atoms with Crippen LogP contribution in [-0.2, 0) is 6.54 Å². The predicted molar refractivity (Wildman–Crippen MR) is 94.5 cm³/mol. The molecule has 4 rings (SSSR count). The molecule has 0 fully saturated rings. The van der Waals surface area contributed by atoms with Crippen molar-refractivity contribution in [1.29, 1.82) is 0 Å². The van der Waals surface area contributed by atoms with E-state index in [1.54, 1.807) is 29.3 Å². The number of benzene rings is 1. The van der Waals surface area contributed by atoms with Crippen molar-refractivity contribution in [1.82, 2.24) is 14.6 Å². The Morgan fingerprint density at radius 2 is 2.00 bits per heavy atom. The fourth-order valence-electron chi connectivity index (χ4n) is 2.42. The lowest BCUT2D eigenvalue weighted by molar-refractivity contribution is 0.568. The molecular weight excluding hydrogens is 347 g/mol. The Balaban J connectivity index is 1.60. The molecule has 0 aliphatic carbocycles. The van der Waals surface area contributed by atoms with E-state index in [1.165, 1.54) is 0 Å². The van der Waals surface area contributed by atoms with Crippen LogP contribution in [0.3, 0.4) is 0 Å². The average molecular weight is 359 g/mol. The van der Waals surface area contributed by atoms with Crippen LogP contribution in [-0.4, -0.2) is 14.6 Å². The van der Waals surface area contributed by atoms with Crippen molar-refractivity contribution in [2.24, 2.45) is 0 Å². The summed E-state index contributed by atoms with van der Waals surface area (Å²) in [6, 6.07) is 11.2. The second-order valence-electron chi connectivity index (χ2n) is 5.25. The Labute approximate surface area is 147 Å². The topological polar surface area (TPSA) is 55.4 Å². The van der Waals surface area contributed by atoms with Crippen LogP contribution >= 0.6 is 23.2 Å². The quantitative estimate of drug-likeness (QED) is 0.563. The molecule has 5 nitrogen and oxygen atoms in total. The Bertz CT molecular complexity index is 995. The van der Waals surface area contributed by atoms with Crippen molar-refractivity contribution < 1.29 is 4.42 Å². The number of hydrogen-bond donors (Lipinski definition) is 1. The van der Waals surface area contributed by atoms with Gasteiger partial charge >= 0.3 is 0 Å². The molecule has 0 radical (unpaired) electrons. The highest BCUT2D eigenvalue weighted by Crippen LogP contribution is 2.24. The Kier molecular flexibility index (Phi) is 3.88. The number of nitrogens with one attached hydrogen (secondary N) is 1. The number of halogens is 2. The van der Waals surface area contributed by atoms with Crippen molar-refractivity contribution in [3.63, 3.8) is 0 Å². The van der Waals surface area contributed by atoms with Gasteiger partial charge in [-0.3, -0.25) is 0 Å². The van der Waals surface area contributed by atoms with Gasteiger partial charge in [0.25, 0.3) is 0 Å². The average Bonchev–Trinajstić information content (AvgIpc) is 3.24. The zero-order valence-corrected chi connectivity index (χ0v) is 13.9. The fourth-order valence-corrected chi connectivity index (χ4v) is 2.74. The van der Waals surface area contributed by atoms with Crippen molar-refractivity contribution in [2.75, 3.05) is 5.32 Å². The van der Waals surface area contributed by atoms with Crippen LogP contribution in [0.2, 0.25) is 10.0 Å². The molecule has 1 aromatic carbocycles. The number of fused-ring (bicyclic) bond motifs is 1. The standard InChI is InChI=1S/C17H12Cl2N4O/c18-13-2-1-11(7-14(13)19)8-20-16-3-4-17-21-9-15(23(17)22-16)12-5-6-24-10-12/h1-7,9-10H,8H2,(H,20,22). The summed E-state index contributed by atoms with van der Waals surface area (Å²) in [6.07, 6.45) is 5.07. The van der Waals surface area contributed by atoms with E-state index in [4.69, 9.17) is 27.6 Å². The SMILES string of the molecule is Clc1ccc(CNc2ccc3ncc(-c4ccoc4)n3n2)cc1Cl. The summed E-state index contributed by atoms with van der Waals surface area (Å²) in [7, 11) is 0. The Hall–Kier alpha value is -2.50. The normalized spacial score (nSPS) is 11.1. The third kappa shape index (κ3) is 2.84. The Morgan fingerprint density at radius 1 is 1.08 bits per heavy atom. The minimum absolute atomic E-state index is 0.538. The van der Waals surface area contributed by atoms with Gasteiger partial charge in [-0.15, -0.1) is 5.10 Å². The van der Waals surface area contributed by atoms with Gasteiger partial charge in [0.15, 0.2) is 5.65 Å². The lowest BCUT2D eigenvalue weighted by Gasteiger charge is -2.07. The zero-order chi connectivity index (χ0) is 16.5. The third-order valence-corrected chi connectivity index (χ3v) is 4.38. The first-order valence-electron chi connectivity index (χ1n) is 7.26. The number of hydrogen-bond acceptors (Lipinski definition) is 4. The van der Waals surface area contributed by atoms with Crippen molar-refractivity contribution >= 4 is 34.7 Å². The molecule has 1 N–H and O–H groups in total. The van der Waals surface area contributed by atoms with Gasteiger partial charge in [-0.25, -0.2) is 9.50 Å². The lowest BCUT2D eigenvalue weighted by Crippen LogP contribution is -2.04. The summed E-state index contributed by atoms with van der Waals surface area (Å²) in [6.45, 7) is 0.588. The van der Waals surface area contributed by atoms with E-state index >= 15 is 0 Å². The van der Waals surface area contributed by atoms with E-state index in [1.807, 2.05) is 30.3 Å². The van der Waals surface area contributed by atoms with Crippen LogP contribution in [0.25, 0.3) is 16.9 Å². The van der Waals surface area contributed by atoms with Gasteiger partial charge in [-0.2, -0.15) is 0 Å². The maximum atomic E-state index is 6.04. The molecule has 24 heavy (non-hydrogen) atoms. The maximum Gasteiger partial charge on any atom is 0.154 e. The van der Waals surface area contributed by atoms with Gasteiger partial charge in [0, 0.05) is 12.1 Å². The predicted octanol–water partition coefficient (Wildman–Crippen LogP) is 4.91. The summed E-state index contributed by atoms with van der Waals surface area (Å²) in [5.74, 6) is 0.733. The lowest BCUT2D eigenvalue weighted by atomic mass is 10.2. The number of furan rings is 1. The fraction of sp³-hybridized carbons (Fsp3) is 0.0588. The Morgan fingerprint density at radius 3 is 2.79 bits per heavy atom. The maximum absolute atomic E-state index is 6.04. The van der Waals surface area contributed by atoms with Crippen LogP contribution in [0.4, 0.5) is 5.82 Å². The number of nitrogens with zero attached hydrogens (tertiary/aromatic N) is 3. The molecule has 3 heterocycles. The molecule has 0 unspecified atom stereocenters.